The van der Waals surface area contributed by atoms with Crippen LogP contribution in [0.5, 0.6) is 0 Å². The van der Waals surface area contributed by atoms with E-state index < -0.39 is 0 Å². The van der Waals surface area contributed by atoms with E-state index in [-0.39, 0.29) is 5.91 Å². The Hall–Kier alpha value is -0.830. The summed E-state index contributed by atoms with van der Waals surface area (Å²) in [6.07, 6.45) is 5.15. The van der Waals surface area contributed by atoms with Crippen LogP contribution in [0, 0.1) is 13.8 Å². The third-order valence-corrected chi connectivity index (χ3v) is 3.48. The van der Waals surface area contributed by atoms with Crippen LogP contribution in [0.2, 0.25) is 0 Å². The third kappa shape index (κ3) is 4.81. The number of aryl methyl sites for hydroxylation is 2. The molecule has 0 aromatic heterocycles. The van der Waals surface area contributed by atoms with Gasteiger partial charge >= 0.3 is 0 Å². The molecule has 0 atom stereocenters. The van der Waals surface area contributed by atoms with Crippen LogP contribution in [0.25, 0.3) is 0 Å². The summed E-state index contributed by atoms with van der Waals surface area (Å²) in [4.78, 5) is 11.8. The summed E-state index contributed by atoms with van der Waals surface area (Å²) >= 11 is 3.46. The molecule has 0 saturated heterocycles. The van der Waals surface area contributed by atoms with Crippen LogP contribution < -0.4 is 5.32 Å². The molecule has 100 valence electrons. The molecule has 0 fully saturated rings. The van der Waals surface area contributed by atoms with Gasteiger partial charge in [0.25, 0.3) is 0 Å². The first-order valence-electron chi connectivity index (χ1n) is 6.61. The lowest BCUT2D eigenvalue weighted by Gasteiger charge is -2.12. The molecule has 0 spiro atoms. The first kappa shape index (κ1) is 15.2. The van der Waals surface area contributed by atoms with E-state index in [4.69, 9.17) is 0 Å². The topological polar surface area (TPSA) is 29.1 Å². The quantitative estimate of drug-likeness (QED) is 0.738. The fourth-order valence-electron chi connectivity index (χ4n) is 2.02. The molecule has 0 heterocycles. The lowest BCUT2D eigenvalue weighted by Crippen LogP contribution is -2.13. The van der Waals surface area contributed by atoms with Crippen LogP contribution >= 0.6 is 15.9 Å². The highest BCUT2D eigenvalue weighted by atomic mass is 79.9. The summed E-state index contributed by atoms with van der Waals surface area (Å²) < 4.78 is 1.05. The number of unbranched alkanes of at least 4 members (excludes halogenated alkanes) is 3. The smallest absolute Gasteiger partial charge is 0.224 e. The van der Waals surface area contributed by atoms with E-state index in [9.17, 15) is 4.79 Å². The summed E-state index contributed by atoms with van der Waals surface area (Å²) in [5.41, 5.74) is 3.16. The lowest BCUT2D eigenvalue weighted by molar-refractivity contribution is -0.116. The molecular weight excluding hydrogens is 290 g/mol. The minimum atomic E-state index is 0.125. The summed E-state index contributed by atoms with van der Waals surface area (Å²) in [7, 11) is 0. The Kier molecular flexibility index (Phi) is 6.41. The van der Waals surface area contributed by atoms with E-state index in [1.54, 1.807) is 0 Å². The molecule has 1 aromatic carbocycles. The Labute approximate surface area is 118 Å². The maximum Gasteiger partial charge on any atom is 0.224 e. The fourth-order valence-corrected chi connectivity index (χ4v) is 2.71. The maximum absolute atomic E-state index is 11.8. The molecule has 1 amide bonds. The molecule has 1 rings (SSSR count). The minimum Gasteiger partial charge on any atom is -0.326 e. The Bertz CT molecular complexity index is 392. The molecule has 0 aliphatic rings. The van der Waals surface area contributed by atoms with Crippen molar-refractivity contribution in [1.29, 1.82) is 0 Å². The molecule has 0 bridgehead atoms. The average molecular weight is 312 g/mol. The Morgan fingerprint density at radius 3 is 2.33 bits per heavy atom. The van der Waals surface area contributed by atoms with Gasteiger partial charge in [-0.25, -0.2) is 0 Å². The predicted molar refractivity (Wildman–Crippen MR) is 81.0 cm³/mol. The van der Waals surface area contributed by atoms with Gasteiger partial charge in [0.05, 0.1) is 0 Å². The zero-order chi connectivity index (χ0) is 13.5. The van der Waals surface area contributed by atoms with Gasteiger partial charge in [0.15, 0.2) is 0 Å². The van der Waals surface area contributed by atoms with Crippen LogP contribution in [0.3, 0.4) is 0 Å². The van der Waals surface area contributed by atoms with Crippen molar-refractivity contribution in [2.45, 2.75) is 52.9 Å². The number of nitrogens with one attached hydrogen (secondary N) is 1. The zero-order valence-corrected chi connectivity index (χ0v) is 13.1. The van der Waals surface area contributed by atoms with Gasteiger partial charge in [-0.1, -0.05) is 42.1 Å². The van der Waals surface area contributed by atoms with Gasteiger partial charge in [0, 0.05) is 16.6 Å². The van der Waals surface area contributed by atoms with Gasteiger partial charge in [-0.3, -0.25) is 4.79 Å². The average Bonchev–Trinajstić information content (AvgIpc) is 2.29. The molecular formula is C15H22BrNO. The van der Waals surface area contributed by atoms with Crippen molar-refractivity contribution in [3.8, 4) is 0 Å². The standard InChI is InChI=1S/C15H22BrNO/c1-4-5-6-7-8-14(18)17-15-11(2)9-13(16)10-12(15)3/h9-10H,4-8H2,1-3H3,(H,17,18). The van der Waals surface area contributed by atoms with Gasteiger partial charge in [0.2, 0.25) is 5.91 Å². The van der Waals surface area contributed by atoms with Gasteiger partial charge < -0.3 is 5.32 Å². The largest absolute Gasteiger partial charge is 0.326 e. The summed E-state index contributed by atoms with van der Waals surface area (Å²) in [5, 5.41) is 3.02. The van der Waals surface area contributed by atoms with E-state index >= 15 is 0 Å². The highest BCUT2D eigenvalue weighted by Crippen LogP contribution is 2.25. The molecule has 0 aliphatic heterocycles. The van der Waals surface area contributed by atoms with Gasteiger partial charge in [-0.2, -0.15) is 0 Å². The molecule has 0 radical (unpaired) electrons. The molecule has 0 saturated carbocycles. The van der Waals surface area contributed by atoms with Crippen LogP contribution in [0.1, 0.15) is 50.2 Å². The monoisotopic (exact) mass is 311 g/mol. The van der Waals surface area contributed by atoms with Gasteiger partial charge in [-0.15, -0.1) is 0 Å². The summed E-state index contributed by atoms with van der Waals surface area (Å²) in [6.45, 7) is 6.21. The first-order valence-corrected chi connectivity index (χ1v) is 7.40. The third-order valence-electron chi connectivity index (χ3n) is 3.02. The van der Waals surface area contributed by atoms with E-state index in [1.165, 1.54) is 12.8 Å². The van der Waals surface area contributed by atoms with Gasteiger partial charge in [0.1, 0.15) is 0 Å². The van der Waals surface area contributed by atoms with Crippen molar-refractivity contribution >= 4 is 27.5 Å². The number of carbonyl (C=O) groups is 1. The van der Waals surface area contributed by atoms with Crippen molar-refractivity contribution in [3.63, 3.8) is 0 Å². The van der Waals surface area contributed by atoms with E-state index in [0.29, 0.717) is 6.42 Å². The Morgan fingerprint density at radius 2 is 1.78 bits per heavy atom. The van der Waals surface area contributed by atoms with Crippen molar-refractivity contribution < 1.29 is 4.79 Å². The number of rotatable bonds is 6. The van der Waals surface area contributed by atoms with Crippen LogP contribution in [0.4, 0.5) is 5.69 Å². The summed E-state index contributed by atoms with van der Waals surface area (Å²) in [5.74, 6) is 0.125. The number of anilines is 1. The number of carbonyl (C=O) groups excluding carboxylic acids is 1. The van der Waals surface area contributed by atoms with Crippen molar-refractivity contribution in [3.05, 3.63) is 27.7 Å². The van der Waals surface area contributed by atoms with E-state index in [2.05, 4.69) is 28.2 Å². The molecule has 2 nitrogen and oxygen atoms in total. The second-order valence-electron chi connectivity index (χ2n) is 4.77. The van der Waals surface area contributed by atoms with Gasteiger partial charge in [-0.05, 0) is 43.5 Å². The van der Waals surface area contributed by atoms with Crippen molar-refractivity contribution in [2.75, 3.05) is 5.32 Å². The maximum atomic E-state index is 11.8. The highest BCUT2D eigenvalue weighted by Gasteiger charge is 2.08. The van der Waals surface area contributed by atoms with E-state index in [0.717, 1.165) is 34.1 Å². The highest BCUT2D eigenvalue weighted by molar-refractivity contribution is 9.10. The molecule has 1 N–H and O–H groups in total. The van der Waals surface area contributed by atoms with Crippen LogP contribution in [-0.4, -0.2) is 5.91 Å². The molecule has 0 aliphatic carbocycles. The fraction of sp³-hybridized carbons (Fsp3) is 0.533. The zero-order valence-electron chi connectivity index (χ0n) is 11.5. The second-order valence-corrected chi connectivity index (χ2v) is 5.69. The molecule has 3 heteroatoms. The normalized spacial score (nSPS) is 10.4. The number of halogens is 1. The lowest BCUT2D eigenvalue weighted by atomic mass is 10.1. The van der Waals surface area contributed by atoms with Crippen LogP contribution in [0.15, 0.2) is 16.6 Å². The van der Waals surface area contributed by atoms with Crippen molar-refractivity contribution in [1.82, 2.24) is 0 Å². The number of amides is 1. The molecule has 1 aromatic rings. The molecule has 0 unspecified atom stereocenters. The Morgan fingerprint density at radius 1 is 1.17 bits per heavy atom. The molecule has 18 heavy (non-hydrogen) atoms. The van der Waals surface area contributed by atoms with E-state index in [1.807, 2.05) is 26.0 Å². The second kappa shape index (κ2) is 7.57. The minimum absolute atomic E-state index is 0.125. The number of hydrogen-bond donors (Lipinski definition) is 1. The number of hydrogen-bond acceptors (Lipinski definition) is 1. The summed E-state index contributed by atoms with van der Waals surface area (Å²) in [6, 6.07) is 4.05. The van der Waals surface area contributed by atoms with Crippen LogP contribution in [-0.2, 0) is 4.79 Å². The SMILES string of the molecule is CCCCCCC(=O)Nc1c(C)cc(Br)cc1C. The predicted octanol–water partition coefficient (Wildman–Crippen LogP) is 4.97. The first-order chi connectivity index (χ1) is 8.54. The Balaban J connectivity index is 2.54. The number of benzene rings is 1. The van der Waals surface area contributed by atoms with Crippen molar-refractivity contribution in [2.24, 2.45) is 0 Å².